The van der Waals surface area contributed by atoms with Crippen LogP contribution >= 0.6 is 11.8 Å². The van der Waals surface area contributed by atoms with Crippen molar-refractivity contribution in [2.75, 3.05) is 52.5 Å². The van der Waals surface area contributed by atoms with E-state index < -0.39 is 6.04 Å². The fourth-order valence-electron chi connectivity index (χ4n) is 5.56. The molecule has 3 aliphatic heterocycles. The highest BCUT2D eigenvalue weighted by Crippen LogP contribution is 2.45. The van der Waals surface area contributed by atoms with Gasteiger partial charge >= 0.3 is 0 Å². The lowest BCUT2D eigenvalue weighted by Gasteiger charge is -2.38. The molecule has 1 fully saturated rings. The lowest BCUT2D eigenvalue weighted by atomic mass is 9.92. The zero-order valence-electron chi connectivity index (χ0n) is 25.3. The van der Waals surface area contributed by atoms with Crippen LogP contribution in [0.25, 0.3) is 0 Å². The number of fused-ring (bicyclic) bond motifs is 1. The van der Waals surface area contributed by atoms with Crippen molar-refractivity contribution in [1.29, 1.82) is 0 Å². The van der Waals surface area contributed by atoms with Crippen molar-refractivity contribution < 1.29 is 19.1 Å². The van der Waals surface area contributed by atoms with E-state index in [1.165, 1.54) is 11.8 Å². The van der Waals surface area contributed by atoms with Gasteiger partial charge in [0, 0.05) is 45.0 Å². The zero-order valence-corrected chi connectivity index (χ0v) is 26.1. The molecule has 1 saturated heterocycles. The smallest absolute Gasteiger partial charge is 0.254 e. The van der Waals surface area contributed by atoms with Crippen LogP contribution in [0.5, 0.6) is 5.75 Å². The number of carbonyl (C=O) groups excluding carboxylic acids is 2. The Morgan fingerprint density at radius 2 is 1.86 bits per heavy atom. The molecule has 1 N–H and O–H groups in total. The molecule has 0 bridgehead atoms. The highest BCUT2D eigenvalue weighted by atomic mass is 32.2. The Labute approximate surface area is 258 Å². The number of ether oxygens (including phenoxy) is 2. The molecule has 9 nitrogen and oxygen atoms in total. The molecule has 0 saturated carbocycles. The van der Waals surface area contributed by atoms with Crippen LogP contribution in [0, 0.1) is 0 Å². The monoisotopic (exact) mass is 603 g/mol. The van der Waals surface area contributed by atoms with Crippen LogP contribution in [0.15, 0.2) is 82.0 Å². The average molecular weight is 604 g/mol. The van der Waals surface area contributed by atoms with Gasteiger partial charge in [-0.25, -0.2) is 4.99 Å². The third-order valence-corrected chi connectivity index (χ3v) is 8.79. The normalized spacial score (nSPS) is 18.6. The van der Waals surface area contributed by atoms with E-state index in [2.05, 4.69) is 15.1 Å². The molecule has 0 aromatic heterocycles. The van der Waals surface area contributed by atoms with Crippen LogP contribution in [-0.2, 0) is 20.9 Å². The summed E-state index contributed by atoms with van der Waals surface area (Å²) < 4.78 is 11.6. The van der Waals surface area contributed by atoms with E-state index in [4.69, 9.17) is 14.5 Å². The van der Waals surface area contributed by atoms with Gasteiger partial charge in [0.1, 0.15) is 12.4 Å². The molecule has 3 heterocycles. The predicted molar refractivity (Wildman–Crippen MR) is 170 cm³/mol. The van der Waals surface area contributed by atoms with Gasteiger partial charge in [-0.15, -0.1) is 0 Å². The summed E-state index contributed by atoms with van der Waals surface area (Å²) in [6.45, 7) is 12.1. The molecule has 10 heteroatoms. The molecule has 0 aliphatic carbocycles. The van der Waals surface area contributed by atoms with Crippen molar-refractivity contribution in [2.24, 2.45) is 4.99 Å². The summed E-state index contributed by atoms with van der Waals surface area (Å²) in [5.41, 5.74) is 4.13. The van der Waals surface area contributed by atoms with E-state index in [1.54, 1.807) is 0 Å². The number of carbonyl (C=O) groups is 2. The number of amidine groups is 1. The third kappa shape index (κ3) is 7.49. The summed E-state index contributed by atoms with van der Waals surface area (Å²) in [6.07, 6.45) is 0.196. The lowest BCUT2D eigenvalue weighted by molar-refractivity contribution is -0.127. The Bertz CT molecular complexity index is 1380. The van der Waals surface area contributed by atoms with Gasteiger partial charge in [0.2, 0.25) is 5.91 Å². The van der Waals surface area contributed by atoms with Gasteiger partial charge in [-0.1, -0.05) is 54.2 Å². The van der Waals surface area contributed by atoms with E-state index >= 15 is 0 Å². The Morgan fingerprint density at radius 1 is 1.09 bits per heavy atom. The van der Waals surface area contributed by atoms with E-state index in [1.807, 2.05) is 85.7 Å². The van der Waals surface area contributed by atoms with Crippen LogP contribution < -0.4 is 10.1 Å². The molecule has 0 spiro atoms. The molecular weight excluding hydrogens is 562 g/mol. The Morgan fingerprint density at radius 3 is 2.60 bits per heavy atom. The first kappa shape index (κ1) is 30.8. The summed E-state index contributed by atoms with van der Waals surface area (Å²) in [7, 11) is 0. The van der Waals surface area contributed by atoms with Crippen LogP contribution in [0.4, 0.5) is 0 Å². The number of morpholine rings is 1. The fraction of sp³-hybridized carbons (Fsp3) is 0.424. The minimum atomic E-state index is -0.441. The second-order valence-corrected chi connectivity index (χ2v) is 11.5. The molecule has 1 atom stereocenters. The number of benzene rings is 2. The highest BCUT2D eigenvalue weighted by Gasteiger charge is 2.41. The molecule has 0 radical (unpaired) electrons. The summed E-state index contributed by atoms with van der Waals surface area (Å²) in [5.74, 6) is 0.621. The van der Waals surface area contributed by atoms with E-state index in [0.717, 1.165) is 60.6 Å². The molecule has 0 unspecified atom stereocenters. The first-order valence-electron chi connectivity index (χ1n) is 15.1. The van der Waals surface area contributed by atoms with E-state index in [-0.39, 0.29) is 18.2 Å². The molecular formula is C33H41N5O4S. The third-order valence-electron chi connectivity index (χ3n) is 7.90. The molecule has 5 rings (SSSR count). The number of thioether (sulfide) groups is 1. The second kappa shape index (κ2) is 14.7. The lowest BCUT2D eigenvalue weighted by Crippen LogP contribution is -2.43. The molecule has 2 aromatic carbocycles. The van der Waals surface area contributed by atoms with Gasteiger partial charge < -0.3 is 24.6 Å². The average Bonchev–Trinajstić information content (AvgIpc) is 3.42. The summed E-state index contributed by atoms with van der Waals surface area (Å²) in [5, 5.41) is 5.84. The molecule has 228 valence electrons. The number of amides is 2. The van der Waals surface area contributed by atoms with Crippen LogP contribution in [-0.4, -0.2) is 84.2 Å². The van der Waals surface area contributed by atoms with Crippen LogP contribution in [0.3, 0.4) is 0 Å². The molecule has 2 aromatic rings. The number of likely N-dealkylation sites (N-methyl/N-ethyl adjacent to an activating group) is 1. The van der Waals surface area contributed by atoms with Crippen molar-refractivity contribution in [2.45, 2.75) is 39.8 Å². The van der Waals surface area contributed by atoms with Crippen molar-refractivity contribution in [3.05, 3.63) is 88.1 Å². The van der Waals surface area contributed by atoms with Crippen molar-refractivity contribution in [3.63, 3.8) is 0 Å². The van der Waals surface area contributed by atoms with Crippen molar-refractivity contribution in [3.8, 4) is 5.75 Å². The number of aliphatic imine (C=N–C) groups is 1. The standard InChI is InChI=1S/C33H41N5O4S/c1-4-37(5-2)32(40)30-24(3)35-33-38(27(23-43-33)21-29(39)34-14-15-36-16-18-41-19-17-36)31(30)26-12-9-13-28(20-26)42-22-25-10-7-6-8-11-25/h6-13,20,23,31H,4-5,14-19,21-22H2,1-3H3,(H,34,39)/t31-/m0/s1. The predicted octanol–water partition coefficient (Wildman–Crippen LogP) is 4.55. The molecule has 3 aliphatic rings. The maximum atomic E-state index is 14.0. The first-order valence-corrected chi connectivity index (χ1v) is 15.9. The van der Waals surface area contributed by atoms with Gasteiger partial charge in [0.25, 0.3) is 5.91 Å². The Balaban J connectivity index is 1.39. The van der Waals surface area contributed by atoms with Gasteiger partial charge in [-0.2, -0.15) is 0 Å². The van der Waals surface area contributed by atoms with Crippen LogP contribution in [0.1, 0.15) is 44.4 Å². The summed E-state index contributed by atoms with van der Waals surface area (Å²) in [6, 6.07) is 17.5. The second-order valence-electron chi connectivity index (χ2n) is 10.7. The van der Waals surface area contributed by atoms with E-state index in [0.29, 0.717) is 37.5 Å². The SMILES string of the molecule is CCN(CC)C(=O)C1=C(C)N=C2SC=C(CC(=O)NCCN3CCOCC3)N2[C@H]1c1cccc(OCc2ccccc2)c1. The molecule has 43 heavy (non-hydrogen) atoms. The minimum absolute atomic E-state index is 0.0443. The van der Waals surface area contributed by atoms with Crippen molar-refractivity contribution >= 4 is 28.7 Å². The zero-order chi connectivity index (χ0) is 30.2. The van der Waals surface area contributed by atoms with Crippen LogP contribution in [0.2, 0.25) is 0 Å². The fourth-order valence-corrected chi connectivity index (χ4v) is 6.52. The van der Waals surface area contributed by atoms with Gasteiger partial charge in [0.15, 0.2) is 5.17 Å². The van der Waals surface area contributed by atoms with Gasteiger partial charge in [0.05, 0.1) is 36.9 Å². The maximum absolute atomic E-state index is 14.0. The largest absolute Gasteiger partial charge is 0.489 e. The number of nitrogens with zero attached hydrogens (tertiary/aromatic N) is 4. The van der Waals surface area contributed by atoms with Gasteiger partial charge in [-0.05, 0) is 49.4 Å². The Hall–Kier alpha value is -3.60. The number of allylic oxidation sites excluding steroid dienone is 1. The Kier molecular flexibility index (Phi) is 10.6. The molecule has 2 amide bonds. The summed E-state index contributed by atoms with van der Waals surface area (Å²) in [4.78, 5) is 38.2. The van der Waals surface area contributed by atoms with Gasteiger partial charge in [-0.3, -0.25) is 14.5 Å². The topological polar surface area (TPSA) is 86.7 Å². The number of rotatable bonds is 12. The summed E-state index contributed by atoms with van der Waals surface area (Å²) >= 11 is 1.49. The van der Waals surface area contributed by atoms with Crippen molar-refractivity contribution in [1.82, 2.24) is 20.0 Å². The minimum Gasteiger partial charge on any atom is -0.489 e. The number of nitrogens with one attached hydrogen (secondary N) is 1. The van der Waals surface area contributed by atoms with E-state index in [9.17, 15) is 9.59 Å². The quantitative estimate of drug-likeness (QED) is 0.381. The number of hydrogen-bond donors (Lipinski definition) is 1. The first-order chi connectivity index (χ1) is 21.0. The highest BCUT2D eigenvalue weighted by molar-refractivity contribution is 8.16. The number of hydrogen-bond acceptors (Lipinski definition) is 8. The maximum Gasteiger partial charge on any atom is 0.254 e.